The number of benzene rings is 1. The Morgan fingerprint density at radius 3 is 2.59 bits per heavy atom. The third-order valence-corrected chi connectivity index (χ3v) is 5.60. The molecule has 1 aliphatic carbocycles. The molecule has 1 aromatic heterocycles. The van der Waals surface area contributed by atoms with Crippen LogP contribution in [0.4, 0.5) is 0 Å². The number of nitrogens with zero attached hydrogens (tertiary/aromatic N) is 1. The van der Waals surface area contributed by atoms with Gasteiger partial charge in [0.25, 0.3) is 0 Å². The third kappa shape index (κ3) is 3.58. The standard InChI is InChI=1S/C17H22N2OS2/c20-16-15(12-22-11-13-7-3-1-4-8-13)18-17(21)19(16)14-9-5-2-6-10-14/h1,3-4,7-8,14,20H,2,5-6,9-12H2,(H,18,21). The minimum atomic E-state index is 0.345. The fraction of sp³-hybridized carbons (Fsp3) is 0.471. The Kier molecular flexibility index (Phi) is 5.26. The summed E-state index contributed by atoms with van der Waals surface area (Å²) in [7, 11) is 0. The molecule has 0 spiro atoms. The van der Waals surface area contributed by atoms with Gasteiger partial charge in [0, 0.05) is 17.5 Å². The van der Waals surface area contributed by atoms with Gasteiger partial charge in [0.2, 0.25) is 5.88 Å². The molecule has 22 heavy (non-hydrogen) atoms. The maximum absolute atomic E-state index is 10.5. The van der Waals surface area contributed by atoms with Crippen LogP contribution >= 0.6 is 24.0 Å². The fourth-order valence-corrected chi connectivity index (χ4v) is 4.40. The van der Waals surface area contributed by atoms with Gasteiger partial charge in [0.05, 0.1) is 5.69 Å². The van der Waals surface area contributed by atoms with Gasteiger partial charge in [0.15, 0.2) is 4.77 Å². The molecule has 1 heterocycles. The molecule has 0 radical (unpaired) electrons. The average Bonchev–Trinajstić information content (AvgIpc) is 2.83. The maximum Gasteiger partial charge on any atom is 0.214 e. The topological polar surface area (TPSA) is 40.9 Å². The van der Waals surface area contributed by atoms with Crippen molar-refractivity contribution in [1.82, 2.24) is 9.55 Å². The maximum atomic E-state index is 10.5. The van der Waals surface area contributed by atoms with E-state index in [4.69, 9.17) is 12.2 Å². The van der Waals surface area contributed by atoms with Crippen molar-refractivity contribution in [3.8, 4) is 5.88 Å². The van der Waals surface area contributed by atoms with Crippen molar-refractivity contribution in [2.45, 2.75) is 49.7 Å². The summed E-state index contributed by atoms with van der Waals surface area (Å²) in [6, 6.07) is 10.8. The summed E-state index contributed by atoms with van der Waals surface area (Å²) in [6.07, 6.45) is 6.01. The van der Waals surface area contributed by atoms with E-state index in [2.05, 4.69) is 29.2 Å². The van der Waals surface area contributed by atoms with Crippen LogP contribution in [-0.2, 0) is 11.5 Å². The molecule has 3 nitrogen and oxygen atoms in total. The molecule has 2 N–H and O–H groups in total. The van der Waals surface area contributed by atoms with Crippen LogP contribution in [0, 0.1) is 4.77 Å². The second kappa shape index (κ2) is 7.38. The first-order valence-corrected chi connectivity index (χ1v) is 9.46. The zero-order valence-corrected chi connectivity index (χ0v) is 14.3. The highest BCUT2D eigenvalue weighted by Crippen LogP contribution is 2.34. The largest absolute Gasteiger partial charge is 0.493 e. The number of thioether (sulfide) groups is 1. The van der Waals surface area contributed by atoms with Gasteiger partial charge < -0.3 is 10.1 Å². The first-order chi connectivity index (χ1) is 10.8. The minimum absolute atomic E-state index is 0.345. The first kappa shape index (κ1) is 15.7. The third-order valence-electron chi connectivity index (χ3n) is 4.27. The quantitative estimate of drug-likeness (QED) is 0.739. The van der Waals surface area contributed by atoms with Crippen molar-refractivity contribution in [2.24, 2.45) is 0 Å². The monoisotopic (exact) mass is 334 g/mol. The molecule has 1 aliphatic rings. The lowest BCUT2D eigenvalue weighted by Crippen LogP contribution is -2.12. The van der Waals surface area contributed by atoms with E-state index >= 15 is 0 Å². The zero-order valence-electron chi connectivity index (χ0n) is 12.6. The Morgan fingerprint density at radius 2 is 1.86 bits per heavy atom. The van der Waals surface area contributed by atoms with E-state index in [-0.39, 0.29) is 0 Å². The summed E-state index contributed by atoms with van der Waals surface area (Å²) in [5, 5.41) is 10.5. The van der Waals surface area contributed by atoms with Crippen LogP contribution < -0.4 is 0 Å². The SMILES string of the molecule is Oc1c(CSCc2ccccc2)[nH]c(=S)n1C1CCCCC1. The van der Waals surface area contributed by atoms with Gasteiger partial charge in [-0.2, -0.15) is 11.8 Å². The lowest BCUT2D eigenvalue weighted by atomic mass is 9.95. The summed E-state index contributed by atoms with van der Waals surface area (Å²) >= 11 is 7.21. The van der Waals surface area contributed by atoms with Crippen LogP contribution in [0.25, 0.3) is 0 Å². The van der Waals surface area contributed by atoms with Crippen LogP contribution in [0.15, 0.2) is 30.3 Å². The molecule has 0 aliphatic heterocycles. The van der Waals surface area contributed by atoms with Gasteiger partial charge in [-0.1, -0.05) is 49.6 Å². The number of rotatable bonds is 5. The number of hydrogen-bond acceptors (Lipinski definition) is 3. The number of hydrogen-bond donors (Lipinski definition) is 2. The molecule has 5 heteroatoms. The molecule has 0 unspecified atom stereocenters. The molecule has 1 aromatic carbocycles. The van der Waals surface area contributed by atoms with E-state index < -0.39 is 0 Å². The zero-order chi connectivity index (χ0) is 15.4. The van der Waals surface area contributed by atoms with E-state index in [0.717, 1.165) is 30.0 Å². The summed E-state index contributed by atoms with van der Waals surface area (Å²) in [5.74, 6) is 2.04. The van der Waals surface area contributed by atoms with Crippen molar-refractivity contribution in [3.05, 3.63) is 46.4 Å². The molecule has 3 rings (SSSR count). The Balaban J connectivity index is 1.66. The van der Waals surface area contributed by atoms with Gasteiger partial charge in [-0.25, -0.2) is 0 Å². The Bertz CT molecular complexity index is 657. The molecule has 0 atom stereocenters. The lowest BCUT2D eigenvalue weighted by molar-refractivity contribution is 0.310. The Hall–Kier alpha value is -1.20. The Labute approximate surface area is 140 Å². The highest BCUT2D eigenvalue weighted by atomic mass is 32.2. The second-order valence-corrected chi connectivity index (χ2v) is 7.24. The van der Waals surface area contributed by atoms with Gasteiger partial charge in [-0.15, -0.1) is 0 Å². The highest BCUT2D eigenvalue weighted by molar-refractivity contribution is 7.97. The molecule has 1 fully saturated rings. The van der Waals surface area contributed by atoms with Gasteiger partial charge >= 0.3 is 0 Å². The van der Waals surface area contributed by atoms with Crippen LogP contribution in [0.2, 0.25) is 0 Å². The number of H-pyrrole nitrogens is 1. The molecule has 1 saturated carbocycles. The van der Waals surface area contributed by atoms with Gasteiger partial charge in [-0.3, -0.25) is 4.57 Å². The Morgan fingerprint density at radius 1 is 1.14 bits per heavy atom. The summed E-state index contributed by atoms with van der Waals surface area (Å²) in [4.78, 5) is 3.20. The van der Waals surface area contributed by atoms with Gasteiger partial charge in [0.1, 0.15) is 0 Å². The van der Waals surface area contributed by atoms with Crippen LogP contribution in [-0.4, -0.2) is 14.7 Å². The molecule has 0 bridgehead atoms. The molecule has 0 saturated heterocycles. The van der Waals surface area contributed by atoms with Crippen molar-refractivity contribution in [3.63, 3.8) is 0 Å². The summed E-state index contributed by atoms with van der Waals surface area (Å²) < 4.78 is 2.60. The van der Waals surface area contributed by atoms with Crippen molar-refractivity contribution >= 4 is 24.0 Å². The summed E-state index contributed by atoms with van der Waals surface area (Å²) in [5.41, 5.74) is 2.16. The van der Waals surface area contributed by atoms with Gasteiger partial charge in [-0.05, 0) is 30.6 Å². The minimum Gasteiger partial charge on any atom is -0.493 e. The van der Waals surface area contributed by atoms with Crippen molar-refractivity contribution < 1.29 is 5.11 Å². The number of imidazole rings is 1. The fourth-order valence-electron chi connectivity index (χ4n) is 3.11. The first-order valence-electron chi connectivity index (χ1n) is 7.89. The second-order valence-electron chi connectivity index (χ2n) is 5.87. The predicted molar refractivity (Wildman–Crippen MR) is 94.8 cm³/mol. The lowest BCUT2D eigenvalue weighted by Gasteiger charge is -2.23. The normalized spacial score (nSPS) is 16.0. The molecule has 0 amide bonds. The smallest absolute Gasteiger partial charge is 0.214 e. The predicted octanol–water partition coefficient (Wildman–Crippen LogP) is 5.19. The molecule has 118 valence electrons. The number of nitrogens with one attached hydrogen (secondary N) is 1. The molecular formula is C17H22N2OS2. The number of aromatic nitrogens is 2. The van der Waals surface area contributed by atoms with E-state index in [1.54, 1.807) is 11.8 Å². The number of aromatic amines is 1. The summed E-state index contributed by atoms with van der Waals surface area (Å²) in [6.45, 7) is 0. The van der Waals surface area contributed by atoms with E-state index in [1.807, 2.05) is 10.6 Å². The molecular weight excluding hydrogens is 312 g/mol. The van der Waals surface area contributed by atoms with Crippen LogP contribution in [0.1, 0.15) is 49.4 Å². The van der Waals surface area contributed by atoms with Crippen molar-refractivity contribution in [2.75, 3.05) is 0 Å². The molecule has 2 aromatic rings. The van der Waals surface area contributed by atoms with E-state index in [1.165, 1.54) is 24.8 Å². The highest BCUT2D eigenvalue weighted by Gasteiger charge is 2.21. The van der Waals surface area contributed by atoms with Crippen LogP contribution in [0.3, 0.4) is 0 Å². The van der Waals surface area contributed by atoms with Crippen LogP contribution in [0.5, 0.6) is 5.88 Å². The van der Waals surface area contributed by atoms with E-state index in [0.29, 0.717) is 16.7 Å². The van der Waals surface area contributed by atoms with Crippen molar-refractivity contribution in [1.29, 1.82) is 0 Å². The van der Waals surface area contributed by atoms with E-state index in [9.17, 15) is 5.11 Å². The number of aromatic hydroxyl groups is 1. The average molecular weight is 335 g/mol.